The zero-order valence-corrected chi connectivity index (χ0v) is 17.6. The summed E-state index contributed by atoms with van der Waals surface area (Å²) in [5.74, 6) is 0. The van der Waals surface area contributed by atoms with Crippen LogP contribution in [0.1, 0.15) is 54.5 Å². The molecule has 1 aliphatic rings. The Morgan fingerprint density at radius 1 is 1.26 bits per heavy atom. The molecule has 0 saturated carbocycles. The highest BCUT2D eigenvalue weighted by atomic mass is 32.1. The second-order valence-electron chi connectivity index (χ2n) is 7.14. The Hall–Kier alpha value is -1.92. The number of methoxy groups -OCH3 is 1. The van der Waals surface area contributed by atoms with Gasteiger partial charge in [-0.1, -0.05) is 19.4 Å². The van der Waals surface area contributed by atoms with Crippen molar-refractivity contribution in [3.8, 4) is 0 Å². The lowest BCUT2D eigenvalue weighted by Crippen LogP contribution is -2.30. The molecule has 2 aromatic rings. The van der Waals surface area contributed by atoms with Crippen LogP contribution in [-0.4, -0.2) is 39.8 Å². The second-order valence-corrected chi connectivity index (χ2v) is 7.53. The molecule has 0 radical (unpaired) electrons. The first-order valence-corrected chi connectivity index (χ1v) is 10.1. The standard InChI is InChI=1S/C21H30N4OS/c1-5-6-11-25-20(17-14-15(2)24(16(17)3)12-13-26-4)19(23-21(25)27)18-9-7-8-10-22-18/h7-10,14,19-20H,5-6,11-13H2,1-4H3,(H,23,27)/t19-,20-/m0/s1. The Morgan fingerprint density at radius 3 is 2.74 bits per heavy atom. The van der Waals surface area contributed by atoms with Crippen LogP contribution in [0, 0.1) is 13.8 Å². The topological polar surface area (TPSA) is 42.3 Å². The Morgan fingerprint density at radius 2 is 2.07 bits per heavy atom. The Labute approximate surface area is 167 Å². The predicted octanol–water partition coefficient (Wildman–Crippen LogP) is 3.92. The maximum absolute atomic E-state index is 5.72. The fourth-order valence-corrected chi connectivity index (χ4v) is 4.30. The van der Waals surface area contributed by atoms with Gasteiger partial charge < -0.3 is 19.5 Å². The third kappa shape index (κ3) is 4.01. The van der Waals surface area contributed by atoms with Gasteiger partial charge in [0.25, 0.3) is 0 Å². The van der Waals surface area contributed by atoms with E-state index in [1.54, 1.807) is 7.11 Å². The van der Waals surface area contributed by atoms with Gasteiger partial charge in [0.2, 0.25) is 0 Å². The third-order valence-corrected chi connectivity index (χ3v) is 5.75. The van der Waals surface area contributed by atoms with Crippen molar-refractivity contribution in [3.05, 3.63) is 53.1 Å². The van der Waals surface area contributed by atoms with Gasteiger partial charge in [-0.3, -0.25) is 4.98 Å². The van der Waals surface area contributed by atoms with Gasteiger partial charge >= 0.3 is 0 Å². The molecule has 0 aliphatic carbocycles. The van der Waals surface area contributed by atoms with Crippen LogP contribution in [0.25, 0.3) is 0 Å². The first-order valence-electron chi connectivity index (χ1n) is 9.72. The number of hydrogen-bond donors (Lipinski definition) is 1. The Bertz CT molecular complexity index is 774. The molecular formula is C21H30N4OS. The van der Waals surface area contributed by atoms with Crippen molar-refractivity contribution in [1.29, 1.82) is 0 Å². The van der Waals surface area contributed by atoms with Crippen LogP contribution < -0.4 is 5.32 Å². The predicted molar refractivity (Wildman–Crippen MR) is 113 cm³/mol. The molecule has 0 unspecified atom stereocenters. The first-order chi connectivity index (χ1) is 13.1. The lowest BCUT2D eigenvalue weighted by atomic mass is 9.96. The lowest BCUT2D eigenvalue weighted by molar-refractivity contribution is 0.186. The first kappa shape index (κ1) is 19.8. The number of ether oxygens (including phenoxy) is 1. The number of pyridine rings is 1. The summed E-state index contributed by atoms with van der Waals surface area (Å²) in [7, 11) is 1.75. The fraction of sp³-hybridized carbons (Fsp3) is 0.524. The molecule has 1 aliphatic heterocycles. The van der Waals surface area contributed by atoms with Crippen LogP contribution in [0.15, 0.2) is 30.5 Å². The number of nitrogens with zero attached hydrogens (tertiary/aromatic N) is 3. The van der Waals surface area contributed by atoms with E-state index in [0.29, 0.717) is 6.61 Å². The minimum atomic E-state index is 0.0620. The average Bonchev–Trinajstić information content (AvgIpc) is 3.15. The average molecular weight is 387 g/mol. The van der Waals surface area contributed by atoms with Crippen LogP contribution in [0.3, 0.4) is 0 Å². The minimum Gasteiger partial charge on any atom is -0.383 e. The van der Waals surface area contributed by atoms with E-state index in [1.807, 2.05) is 18.3 Å². The van der Waals surface area contributed by atoms with Gasteiger partial charge in [0.1, 0.15) is 0 Å². The molecule has 3 heterocycles. The summed E-state index contributed by atoms with van der Waals surface area (Å²) < 4.78 is 7.64. The van der Waals surface area contributed by atoms with Gasteiger partial charge in [-0.25, -0.2) is 0 Å². The van der Waals surface area contributed by atoms with Gasteiger partial charge in [0, 0.05) is 37.8 Å². The zero-order chi connectivity index (χ0) is 19.4. The molecule has 3 rings (SSSR count). The third-order valence-electron chi connectivity index (χ3n) is 5.40. The molecule has 146 valence electrons. The van der Waals surface area contributed by atoms with Crippen LogP contribution in [0.4, 0.5) is 0 Å². The van der Waals surface area contributed by atoms with Gasteiger partial charge in [-0.2, -0.15) is 0 Å². The highest BCUT2D eigenvalue weighted by molar-refractivity contribution is 7.80. The van der Waals surface area contributed by atoms with Gasteiger partial charge in [0.15, 0.2) is 5.11 Å². The maximum Gasteiger partial charge on any atom is 0.170 e. The molecule has 1 saturated heterocycles. The smallest absolute Gasteiger partial charge is 0.170 e. The summed E-state index contributed by atoms with van der Waals surface area (Å²) in [5, 5.41) is 4.36. The summed E-state index contributed by atoms with van der Waals surface area (Å²) in [6, 6.07) is 8.60. The van der Waals surface area contributed by atoms with Crippen LogP contribution >= 0.6 is 12.2 Å². The van der Waals surface area contributed by atoms with E-state index in [0.717, 1.165) is 36.7 Å². The molecule has 5 nitrogen and oxygen atoms in total. The van der Waals surface area contributed by atoms with E-state index in [-0.39, 0.29) is 12.1 Å². The number of aryl methyl sites for hydroxylation is 1. The molecule has 0 amide bonds. The second kappa shape index (κ2) is 8.85. The van der Waals surface area contributed by atoms with E-state index < -0.39 is 0 Å². The SMILES string of the molecule is CCCCN1C(=S)N[C@@H](c2ccccn2)[C@@H]1c1cc(C)n(CCOC)c1C. The summed E-state index contributed by atoms with van der Waals surface area (Å²) in [5.41, 5.74) is 4.89. The summed E-state index contributed by atoms with van der Waals surface area (Å²) in [6.45, 7) is 9.11. The van der Waals surface area contributed by atoms with E-state index in [1.165, 1.54) is 17.0 Å². The van der Waals surface area contributed by atoms with Crippen molar-refractivity contribution < 1.29 is 4.74 Å². The fourth-order valence-electron chi connectivity index (χ4n) is 3.97. The quantitative estimate of drug-likeness (QED) is 0.697. The summed E-state index contributed by atoms with van der Waals surface area (Å²) >= 11 is 5.72. The van der Waals surface area contributed by atoms with Gasteiger partial charge in [-0.15, -0.1) is 0 Å². The Kier molecular flexibility index (Phi) is 6.50. The van der Waals surface area contributed by atoms with Crippen molar-refractivity contribution in [2.45, 2.75) is 52.2 Å². The van der Waals surface area contributed by atoms with Crippen LogP contribution in [0.2, 0.25) is 0 Å². The molecule has 1 fully saturated rings. The van der Waals surface area contributed by atoms with E-state index in [2.05, 4.69) is 52.7 Å². The molecule has 2 atom stereocenters. The Balaban J connectivity index is 2.02. The highest BCUT2D eigenvalue weighted by Gasteiger charge is 2.40. The highest BCUT2D eigenvalue weighted by Crippen LogP contribution is 2.40. The van der Waals surface area contributed by atoms with Crippen LogP contribution in [-0.2, 0) is 11.3 Å². The molecule has 0 aromatic carbocycles. The molecule has 2 aromatic heterocycles. The number of unbranched alkanes of at least 4 members (excludes halogenated alkanes) is 1. The van der Waals surface area contributed by atoms with Crippen molar-refractivity contribution in [2.24, 2.45) is 0 Å². The molecule has 0 bridgehead atoms. The van der Waals surface area contributed by atoms with Crippen molar-refractivity contribution in [1.82, 2.24) is 19.8 Å². The van der Waals surface area contributed by atoms with Gasteiger partial charge in [-0.05, 0) is 56.2 Å². The maximum atomic E-state index is 5.72. The summed E-state index contributed by atoms with van der Waals surface area (Å²) in [4.78, 5) is 6.97. The van der Waals surface area contributed by atoms with Crippen LogP contribution in [0.5, 0.6) is 0 Å². The number of aromatic nitrogens is 2. The van der Waals surface area contributed by atoms with Gasteiger partial charge in [0.05, 0.1) is 24.4 Å². The normalized spacial score (nSPS) is 19.6. The number of rotatable bonds is 8. The number of nitrogens with one attached hydrogen (secondary N) is 1. The minimum absolute atomic E-state index is 0.0620. The molecule has 6 heteroatoms. The number of hydrogen-bond acceptors (Lipinski definition) is 3. The van der Waals surface area contributed by atoms with Crippen molar-refractivity contribution >= 4 is 17.3 Å². The summed E-state index contributed by atoms with van der Waals surface area (Å²) in [6.07, 6.45) is 4.12. The van der Waals surface area contributed by atoms with E-state index in [4.69, 9.17) is 17.0 Å². The lowest BCUT2D eigenvalue weighted by Gasteiger charge is -2.28. The van der Waals surface area contributed by atoms with E-state index in [9.17, 15) is 0 Å². The molecule has 1 N–H and O–H groups in total. The van der Waals surface area contributed by atoms with Crippen molar-refractivity contribution in [2.75, 3.05) is 20.3 Å². The monoisotopic (exact) mass is 386 g/mol. The van der Waals surface area contributed by atoms with Crippen molar-refractivity contribution in [3.63, 3.8) is 0 Å². The zero-order valence-electron chi connectivity index (χ0n) is 16.7. The largest absolute Gasteiger partial charge is 0.383 e. The van der Waals surface area contributed by atoms with E-state index >= 15 is 0 Å². The molecule has 27 heavy (non-hydrogen) atoms. The molecular weight excluding hydrogens is 356 g/mol. The molecule has 0 spiro atoms. The number of thiocarbonyl (C=S) groups is 1.